The SMILES string of the molecule is NC(CCC(=O)NC(CSN=O)C(=O)NCC(=O)O)C(=O)O.S. The molecule has 0 aliphatic carbocycles. The minimum Gasteiger partial charge on any atom is -0.480 e. The monoisotopic (exact) mass is 370 g/mol. The van der Waals surface area contributed by atoms with Crippen LogP contribution in [0.3, 0.4) is 0 Å². The molecule has 0 aromatic carbocycles. The van der Waals surface area contributed by atoms with Crippen LogP contribution in [0.4, 0.5) is 0 Å². The summed E-state index contributed by atoms with van der Waals surface area (Å²) in [5, 5.41) is 21.3. The van der Waals surface area contributed by atoms with E-state index < -0.39 is 42.4 Å². The van der Waals surface area contributed by atoms with Crippen molar-refractivity contribution in [2.24, 2.45) is 10.3 Å². The molecule has 6 N–H and O–H groups in total. The van der Waals surface area contributed by atoms with E-state index in [-0.39, 0.29) is 32.1 Å². The van der Waals surface area contributed by atoms with Crippen LogP contribution in [0.1, 0.15) is 12.8 Å². The van der Waals surface area contributed by atoms with E-state index in [1.54, 1.807) is 0 Å². The first-order chi connectivity index (χ1) is 10.3. The molecule has 0 radical (unpaired) electrons. The first kappa shape index (κ1) is 23.4. The average molecular weight is 370 g/mol. The van der Waals surface area contributed by atoms with Crippen LogP contribution in [0.25, 0.3) is 0 Å². The Morgan fingerprint density at radius 1 is 1.22 bits per heavy atom. The van der Waals surface area contributed by atoms with Crippen molar-refractivity contribution in [1.82, 2.24) is 10.6 Å². The van der Waals surface area contributed by atoms with Crippen molar-refractivity contribution in [2.75, 3.05) is 12.3 Å². The number of nitrogens with zero attached hydrogens (tertiary/aromatic N) is 1. The van der Waals surface area contributed by atoms with Crippen LogP contribution in [-0.2, 0) is 19.2 Å². The Labute approximate surface area is 142 Å². The van der Waals surface area contributed by atoms with Crippen LogP contribution in [0.5, 0.6) is 0 Å². The van der Waals surface area contributed by atoms with Gasteiger partial charge in [0.05, 0.1) is 0 Å². The summed E-state index contributed by atoms with van der Waals surface area (Å²) in [7, 11) is 0. The van der Waals surface area contributed by atoms with Crippen molar-refractivity contribution in [3.63, 3.8) is 0 Å². The van der Waals surface area contributed by atoms with Crippen molar-refractivity contribution in [2.45, 2.75) is 24.9 Å². The minimum atomic E-state index is -1.27. The fraction of sp³-hybridized carbons (Fsp3) is 0.600. The van der Waals surface area contributed by atoms with E-state index in [9.17, 15) is 24.1 Å². The van der Waals surface area contributed by atoms with Crippen molar-refractivity contribution < 1.29 is 29.4 Å². The molecule has 13 heteroatoms. The Morgan fingerprint density at radius 2 is 1.83 bits per heavy atom. The van der Waals surface area contributed by atoms with Gasteiger partial charge in [-0.05, 0) is 6.42 Å². The molecule has 23 heavy (non-hydrogen) atoms. The molecule has 0 aromatic heterocycles. The number of carbonyl (C=O) groups is 4. The zero-order valence-corrected chi connectivity index (χ0v) is 13.7. The van der Waals surface area contributed by atoms with Gasteiger partial charge in [0.1, 0.15) is 18.6 Å². The number of carboxylic acids is 2. The van der Waals surface area contributed by atoms with Crippen molar-refractivity contribution in [3.05, 3.63) is 4.91 Å². The smallest absolute Gasteiger partial charge is 0.322 e. The summed E-state index contributed by atoms with van der Waals surface area (Å²) < 4.78 is 2.48. The Morgan fingerprint density at radius 3 is 2.30 bits per heavy atom. The van der Waals surface area contributed by atoms with Crippen molar-refractivity contribution in [3.8, 4) is 0 Å². The van der Waals surface area contributed by atoms with Crippen LogP contribution >= 0.6 is 25.4 Å². The lowest BCUT2D eigenvalue weighted by molar-refractivity contribution is -0.139. The fourth-order valence-electron chi connectivity index (χ4n) is 1.25. The van der Waals surface area contributed by atoms with Crippen molar-refractivity contribution >= 4 is 49.2 Å². The molecular formula is C10H18N4O7S2. The Balaban J connectivity index is 0. The van der Waals surface area contributed by atoms with E-state index in [2.05, 4.69) is 15.2 Å². The summed E-state index contributed by atoms with van der Waals surface area (Å²) in [6, 6.07) is -2.38. The Bertz CT molecular complexity index is 449. The highest BCUT2D eigenvalue weighted by molar-refractivity contribution is 7.97. The predicted molar refractivity (Wildman–Crippen MR) is 86.1 cm³/mol. The molecule has 11 nitrogen and oxygen atoms in total. The minimum absolute atomic E-state index is 0. The molecule has 0 spiro atoms. The highest BCUT2D eigenvalue weighted by atomic mass is 32.2. The van der Waals surface area contributed by atoms with Gasteiger partial charge in [0, 0.05) is 28.7 Å². The zero-order chi connectivity index (χ0) is 17.1. The maximum Gasteiger partial charge on any atom is 0.322 e. The van der Waals surface area contributed by atoms with Crippen LogP contribution < -0.4 is 16.4 Å². The Hall–Kier alpha value is -1.86. The lowest BCUT2D eigenvalue weighted by Crippen LogP contribution is -2.49. The molecule has 132 valence electrons. The molecular weight excluding hydrogens is 352 g/mol. The van der Waals surface area contributed by atoms with Crippen LogP contribution in [0.2, 0.25) is 0 Å². The molecule has 0 bridgehead atoms. The average Bonchev–Trinajstić information content (AvgIpc) is 2.46. The summed E-state index contributed by atoms with van der Waals surface area (Å²) >= 11 is 0.478. The maximum atomic E-state index is 11.7. The molecule has 0 saturated heterocycles. The molecule has 0 rings (SSSR count). The number of hydrogen-bond donors (Lipinski definition) is 5. The number of hydrogen-bond acceptors (Lipinski definition) is 8. The first-order valence-electron chi connectivity index (χ1n) is 5.99. The molecule has 0 saturated carbocycles. The van der Waals surface area contributed by atoms with Gasteiger partial charge in [-0.3, -0.25) is 19.2 Å². The molecule has 2 amide bonds. The standard InChI is InChI=1S/C10H16N4O7S.H2S/c11-5(10(19)20)1-2-7(15)13-6(4-22-14-21)9(18)12-3-8(16)17;/h5-6H,1-4,11H2,(H,12,18)(H,13,15)(H,16,17)(H,19,20);1H2. The lowest BCUT2D eigenvalue weighted by atomic mass is 10.1. The highest BCUT2D eigenvalue weighted by Gasteiger charge is 2.22. The quantitative estimate of drug-likeness (QED) is 0.210. The number of nitrogens with two attached hydrogens (primary N) is 1. The largest absolute Gasteiger partial charge is 0.480 e. The zero-order valence-electron chi connectivity index (χ0n) is 11.9. The van der Waals surface area contributed by atoms with Crippen LogP contribution in [0, 0.1) is 4.91 Å². The summed E-state index contributed by atoms with van der Waals surface area (Å²) in [4.78, 5) is 54.2. The third-order valence-corrected chi connectivity index (χ3v) is 2.95. The summed E-state index contributed by atoms with van der Waals surface area (Å²) in [6.07, 6.45) is -0.376. The van der Waals surface area contributed by atoms with Gasteiger partial charge in [-0.1, -0.05) is 0 Å². The van der Waals surface area contributed by atoms with E-state index in [0.29, 0.717) is 11.9 Å². The van der Waals surface area contributed by atoms with Gasteiger partial charge in [0.2, 0.25) is 11.8 Å². The predicted octanol–water partition coefficient (Wildman–Crippen LogP) is -1.61. The van der Waals surface area contributed by atoms with Crippen LogP contribution in [0.15, 0.2) is 4.58 Å². The van der Waals surface area contributed by atoms with E-state index >= 15 is 0 Å². The van der Waals surface area contributed by atoms with Gasteiger partial charge < -0.3 is 26.6 Å². The van der Waals surface area contributed by atoms with E-state index in [0.717, 1.165) is 0 Å². The number of aliphatic carboxylic acids is 2. The Kier molecular flexibility index (Phi) is 12.9. The maximum absolute atomic E-state index is 11.7. The highest BCUT2D eigenvalue weighted by Crippen LogP contribution is 2.05. The molecule has 2 unspecified atom stereocenters. The van der Waals surface area contributed by atoms with Gasteiger partial charge in [-0.25, -0.2) is 0 Å². The van der Waals surface area contributed by atoms with E-state index in [1.807, 2.05) is 0 Å². The molecule has 0 aliphatic heterocycles. The summed E-state index contributed by atoms with van der Waals surface area (Å²) in [5.74, 6) is -4.17. The number of nitroso groups, excluding NO2 is 1. The fourth-order valence-corrected chi connectivity index (χ4v) is 1.70. The summed E-state index contributed by atoms with van der Waals surface area (Å²) in [5.41, 5.74) is 5.23. The second-order valence-corrected chi connectivity index (χ2v) is 4.83. The topological polar surface area (TPSA) is 188 Å². The molecule has 2 atom stereocenters. The van der Waals surface area contributed by atoms with Crippen LogP contribution in [-0.4, -0.2) is 58.3 Å². The third-order valence-electron chi connectivity index (χ3n) is 2.36. The van der Waals surface area contributed by atoms with Gasteiger partial charge >= 0.3 is 11.9 Å². The number of amides is 2. The van der Waals surface area contributed by atoms with E-state index in [1.165, 1.54) is 0 Å². The van der Waals surface area contributed by atoms with Gasteiger partial charge in [0.15, 0.2) is 0 Å². The molecule has 0 aromatic rings. The number of nitrogens with one attached hydrogen (secondary N) is 2. The summed E-state index contributed by atoms with van der Waals surface area (Å²) in [6.45, 7) is -0.645. The number of carbonyl (C=O) groups excluding carboxylic acids is 2. The van der Waals surface area contributed by atoms with Gasteiger partial charge in [0.25, 0.3) is 0 Å². The molecule has 0 fully saturated rings. The van der Waals surface area contributed by atoms with Crippen molar-refractivity contribution in [1.29, 1.82) is 0 Å². The normalized spacial score (nSPS) is 12.2. The molecule has 0 aliphatic rings. The first-order valence-corrected chi connectivity index (χ1v) is 6.94. The lowest BCUT2D eigenvalue weighted by Gasteiger charge is -2.16. The second kappa shape index (κ2) is 12.7. The van der Waals surface area contributed by atoms with Gasteiger partial charge in [-0.2, -0.15) is 13.5 Å². The van der Waals surface area contributed by atoms with E-state index in [4.69, 9.17) is 15.9 Å². The number of rotatable bonds is 11. The second-order valence-electron chi connectivity index (χ2n) is 4.09. The number of carboxylic acid groups (broad SMARTS) is 2. The van der Waals surface area contributed by atoms with Gasteiger partial charge in [-0.15, -0.1) is 4.91 Å². The molecule has 0 heterocycles. The third kappa shape index (κ3) is 11.4.